The van der Waals surface area contributed by atoms with Crippen molar-refractivity contribution in [1.82, 2.24) is 9.55 Å². The highest BCUT2D eigenvalue weighted by molar-refractivity contribution is 6.31. The molecule has 0 aliphatic carbocycles. The average Bonchev–Trinajstić information content (AvgIpc) is 2.75. The molecule has 0 radical (unpaired) electrons. The molecular weight excluding hydrogens is 293 g/mol. The fourth-order valence-electron chi connectivity index (χ4n) is 2.35. The first kappa shape index (κ1) is 13.7. The molecule has 2 N–H and O–H groups in total. The van der Waals surface area contributed by atoms with Crippen LogP contribution in [-0.2, 0) is 0 Å². The van der Waals surface area contributed by atoms with Gasteiger partial charge in [0.1, 0.15) is 11.6 Å². The van der Waals surface area contributed by atoms with E-state index in [-0.39, 0.29) is 11.0 Å². The van der Waals surface area contributed by atoms with Gasteiger partial charge in [-0.2, -0.15) is 0 Å². The molecule has 2 aromatic carbocycles. The van der Waals surface area contributed by atoms with Crippen molar-refractivity contribution < 1.29 is 9.13 Å². The third-order valence-electron chi connectivity index (χ3n) is 3.37. The van der Waals surface area contributed by atoms with E-state index in [1.165, 1.54) is 12.1 Å². The number of methoxy groups -OCH3 is 1. The molecule has 0 fully saturated rings. The summed E-state index contributed by atoms with van der Waals surface area (Å²) in [4.78, 5) is 4.19. The fraction of sp³-hybridized carbons (Fsp3) is 0.133. The molecule has 21 heavy (non-hydrogen) atoms. The van der Waals surface area contributed by atoms with E-state index in [9.17, 15) is 4.39 Å². The maximum Gasteiger partial charge on any atom is 0.205 e. The second-order valence-electron chi connectivity index (χ2n) is 4.71. The van der Waals surface area contributed by atoms with Crippen LogP contribution in [0.1, 0.15) is 5.56 Å². The van der Waals surface area contributed by atoms with Gasteiger partial charge >= 0.3 is 0 Å². The number of hydrogen-bond donors (Lipinski definition) is 1. The maximum atomic E-state index is 13.5. The van der Waals surface area contributed by atoms with E-state index in [4.69, 9.17) is 22.1 Å². The number of imidazole rings is 1. The van der Waals surface area contributed by atoms with Crippen LogP contribution in [0.15, 0.2) is 30.3 Å². The van der Waals surface area contributed by atoms with E-state index in [2.05, 4.69) is 4.98 Å². The first-order chi connectivity index (χ1) is 10.0. The second kappa shape index (κ2) is 4.93. The molecule has 108 valence electrons. The van der Waals surface area contributed by atoms with Gasteiger partial charge in [0.2, 0.25) is 5.95 Å². The number of nitrogens with two attached hydrogens (primary N) is 1. The van der Waals surface area contributed by atoms with E-state index < -0.39 is 5.82 Å². The molecule has 4 nitrogen and oxygen atoms in total. The van der Waals surface area contributed by atoms with Gasteiger partial charge in [0.05, 0.1) is 28.9 Å². The molecule has 0 saturated heterocycles. The van der Waals surface area contributed by atoms with Crippen LogP contribution < -0.4 is 10.5 Å². The molecule has 0 bridgehead atoms. The zero-order valence-electron chi connectivity index (χ0n) is 11.5. The zero-order chi connectivity index (χ0) is 15.1. The lowest BCUT2D eigenvalue weighted by atomic mass is 10.2. The van der Waals surface area contributed by atoms with Gasteiger partial charge in [0.15, 0.2) is 0 Å². The molecule has 0 saturated carbocycles. The highest BCUT2D eigenvalue weighted by atomic mass is 35.5. The predicted octanol–water partition coefficient (Wildman–Crippen LogP) is 3.72. The van der Waals surface area contributed by atoms with Gasteiger partial charge in [-0.15, -0.1) is 0 Å². The maximum absolute atomic E-state index is 13.5. The van der Waals surface area contributed by atoms with Crippen LogP contribution >= 0.6 is 11.6 Å². The molecule has 1 aromatic heterocycles. The van der Waals surface area contributed by atoms with Crippen molar-refractivity contribution in [3.05, 3.63) is 46.7 Å². The van der Waals surface area contributed by atoms with Gasteiger partial charge in [0, 0.05) is 6.07 Å². The standard InChI is InChI=1S/C15H13ClFN3O/c1-8-5-9(21-2)3-4-13(8)20-14-6-10(16)11(17)7-12(14)19-15(20)18/h3-7H,1-2H3,(H2,18,19). The smallest absolute Gasteiger partial charge is 0.205 e. The summed E-state index contributed by atoms with van der Waals surface area (Å²) in [6, 6.07) is 8.41. The highest BCUT2D eigenvalue weighted by Gasteiger charge is 2.14. The van der Waals surface area contributed by atoms with Crippen molar-refractivity contribution in [3.63, 3.8) is 0 Å². The van der Waals surface area contributed by atoms with Crippen LogP contribution in [0.5, 0.6) is 5.75 Å². The Bertz CT molecular complexity index is 845. The van der Waals surface area contributed by atoms with E-state index >= 15 is 0 Å². The summed E-state index contributed by atoms with van der Waals surface area (Å²) in [6.45, 7) is 1.94. The number of benzene rings is 2. The minimum absolute atomic E-state index is 0.0369. The molecule has 0 aliphatic heterocycles. The van der Waals surface area contributed by atoms with Gasteiger partial charge in [-0.25, -0.2) is 9.37 Å². The lowest BCUT2D eigenvalue weighted by Crippen LogP contribution is -2.02. The number of nitrogens with zero attached hydrogens (tertiary/aromatic N) is 2. The molecule has 0 amide bonds. The van der Waals surface area contributed by atoms with Crippen molar-refractivity contribution in [1.29, 1.82) is 0 Å². The summed E-state index contributed by atoms with van der Waals surface area (Å²) in [5, 5.41) is 0.0369. The average molecular weight is 306 g/mol. The third-order valence-corrected chi connectivity index (χ3v) is 3.66. The number of aryl methyl sites for hydroxylation is 1. The largest absolute Gasteiger partial charge is 0.497 e. The molecule has 0 spiro atoms. The Kier molecular flexibility index (Phi) is 3.22. The predicted molar refractivity (Wildman–Crippen MR) is 81.7 cm³/mol. The van der Waals surface area contributed by atoms with Crippen LogP contribution in [0.3, 0.4) is 0 Å². The minimum Gasteiger partial charge on any atom is -0.497 e. The SMILES string of the molecule is COc1ccc(-n2c(N)nc3cc(F)c(Cl)cc32)c(C)c1. The zero-order valence-corrected chi connectivity index (χ0v) is 12.3. The first-order valence-electron chi connectivity index (χ1n) is 6.29. The van der Waals surface area contributed by atoms with Crippen LogP contribution in [0, 0.1) is 12.7 Å². The van der Waals surface area contributed by atoms with Crippen molar-refractivity contribution in [2.75, 3.05) is 12.8 Å². The normalized spacial score (nSPS) is 11.0. The Morgan fingerprint density at radius 1 is 1.29 bits per heavy atom. The summed E-state index contributed by atoms with van der Waals surface area (Å²) in [6.07, 6.45) is 0. The minimum atomic E-state index is -0.514. The summed E-state index contributed by atoms with van der Waals surface area (Å²) in [7, 11) is 1.61. The molecule has 1 heterocycles. The number of aromatic nitrogens is 2. The van der Waals surface area contributed by atoms with Crippen molar-refractivity contribution in [2.45, 2.75) is 6.92 Å². The number of fused-ring (bicyclic) bond motifs is 1. The van der Waals surface area contributed by atoms with Crippen LogP contribution in [0.25, 0.3) is 16.7 Å². The van der Waals surface area contributed by atoms with Gasteiger partial charge < -0.3 is 10.5 Å². The summed E-state index contributed by atoms with van der Waals surface area (Å²) in [5.41, 5.74) is 8.91. The topological polar surface area (TPSA) is 53.1 Å². The Balaban J connectivity index is 2.29. The van der Waals surface area contributed by atoms with Crippen molar-refractivity contribution in [3.8, 4) is 11.4 Å². The quantitative estimate of drug-likeness (QED) is 0.785. The number of nitrogen functional groups attached to an aromatic ring is 1. The molecular formula is C15H13ClFN3O. The van der Waals surface area contributed by atoms with E-state index in [1.54, 1.807) is 11.7 Å². The van der Waals surface area contributed by atoms with Crippen LogP contribution in [-0.4, -0.2) is 16.7 Å². The second-order valence-corrected chi connectivity index (χ2v) is 5.12. The summed E-state index contributed by atoms with van der Waals surface area (Å²) in [5.74, 6) is 0.517. The van der Waals surface area contributed by atoms with Crippen LogP contribution in [0.2, 0.25) is 5.02 Å². The number of ether oxygens (including phenoxy) is 1. The molecule has 3 aromatic rings. The lowest BCUT2D eigenvalue weighted by molar-refractivity contribution is 0.414. The number of hydrogen-bond acceptors (Lipinski definition) is 3. The number of anilines is 1. The fourth-order valence-corrected chi connectivity index (χ4v) is 2.51. The lowest BCUT2D eigenvalue weighted by Gasteiger charge is -2.11. The third kappa shape index (κ3) is 2.19. The van der Waals surface area contributed by atoms with Gasteiger partial charge in [-0.1, -0.05) is 11.6 Å². The van der Waals surface area contributed by atoms with E-state index in [0.29, 0.717) is 11.0 Å². The van der Waals surface area contributed by atoms with Crippen molar-refractivity contribution >= 4 is 28.6 Å². The molecule has 0 unspecified atom stereocenters. The molecule has 0 aliphatic rings. The first-order valence-corrected chi connectivity index (χ1v) is 6.67. The van der Waals surface area contributed by atoms with Gasteiger partial charge in [0.25, 0.3) is 0 Å². The number of rotatable bonds is 2. The van der Waals surface area contributed by atoms with Crippen LogP contribution in [0.4, 0.5) is 10.3 Å². The monoisotopic (exact) mass is 305 g/mol. The molecule has 0 atom stereocenters. The van der Waals surface area contributed by atoms with Gasteiger partial charge in [-0.05, 0) is 36.8 Å². The van der Waals surface area contributed by atoms with Gasteiger partial charge in [-0.3, -0.25) is 4.57 Å². The molecule has 6 heteroatoms. The van der Waals surface area contributed by atoms with E-state index in [1.807, 2.05) is 25.1 Å². The Labute approximate surface area is 125 Å². The number of halogens is 2. The van der Waals surface area contributed by atoms with E-state index in [0.717, 1.165) is 17.0 Å². The summed E-state index contributed by atoms with van der Waals surface area (Å²) < 4.78 is 20.5. The van der Waals surface area contributed by atoms with Crippen molar-refractivity contribution in [2.24, 2.45) is 0 Å². The summed E-state index contributed by atoms with van der Waals surface area (Å²) >= 11 is 5.87. The Morgan fingerprint density at radius 2 is 2.05 bits per heavy atom. The Morgan fingerprint density at radius 3 is 2.71 bits per heavy atom. The highest BCUT2D eigenvalue weighted by Crippen LogP contribution is 2.30. The molecule has 3 rings (SSSR count). The Hall–Kier alpha value is -2.27.